The van der Waals surface area contributed by atoms with Gasteiger partial charge in [0.1, 0.15) is 18.4 Å². The van der Waals surface area contributed by atoms with Crippen molar-refractivity contribution in [2.24, 2.45) is 0 Å². The van der Waals surface area contributed by atoms with Crippen LogP contribution in [0.3, 0.4) is 0 Å². The quantitative estimate of drug-likeness (QED) is 0.640. The minimum Gasteiger partial charge on any atom is -0.391 e. The number of hydrogen-bond acceptors (Lipinski definition) is 6. The maximum atomic E-state index is 11.8. The van der Waals surface area contributed by atoms with Gasteiger partial charge in [-0.3, -0.25) is 14.3 Å². The topological polar surface area (TPSA) is 131 Å². The minimum absolute atomic E-state index is 0.0998. The van der Waals surface area contributed by atoms with E-state index in [1.54, 1.807) is 0 Å². The van der Waals surface area contributed by atoms with Gasteiger partial charge in [0.15, 0.2) is 0 Å². The van der Waals surface area contributed by atoms with E-state index in [9.17, 15) is 19.3 Å². The molecule has 0 spiro atoms. The number of aromatic nitrogens is 2. The molecule has 116 valence electrons. The Hall–Kier alpha value is -1.38. The number of nitrogens with zero attached hydrogens (tertiary/aromatic N) is 1. The molecule has 0 radical (unpaired) electrons. The third-order valence-corrected chi connectivity index (χ3v) is 3.72. The van der Waals surface area contributed by atoms with E-state index < -0.39 is 44.0 Å². The van der Waals surface area contributed by atoms with Crippen LogP contribution in [0.5, 0.6) is 0 Å². The van der Waals surface area contributed by atoms with Crippen LogP contribution in [0.1, 0.15) is 25.1 Å². The molecule has 2 unspecified atom stereocenters. The number of aliphatic hydroxyl groups is 1. The lowest BCUT2D eigenvalue weighted by Gasteiger charge is -2.18. The zero-order valence-electron chi connectivity index (χ0n) is 11.4. The normalized spacial score (nSPS) is 27.6. The standard InChI is InChI=1S/C11H15N2O7P/c1-5-4-13(11(16)12-10(5)15)8-3-7(20-21(17)18)9(19-8)6(2)14/h4,6-9,14H,3H2,1-2H3,(H-,12,15,16,17,18)/p+1/t6-,7-,8-,9?/m1/s1. The minimum atomic E-state index is -2.86. The first-order chi connectivity index (χ1) is 9.79. The second-order valence-corrected chi connectivity index (χ2v) is 5.58. The summed E-state index contributed by atoms with van der Waals surface area (Å²) in [6.07, 6.45) is -1.99. The van der Waals surface area contributed by atoms with Crippen LogP contribution in [-0.2, 0) is 13.8 Å². The molecule has 9 nitrogen and oxygen atoms in total. The maximum absolute atomic E-state index is 11.8. The van der Waals surface area contributed by atoms with Gasteiger partial charge in [-0.15, -0.1) is 9.42 Å². The van der Waals surface area contributed by atoms with Crippen LogP contribution in [-0.4, -0.2) is 37.9 Å². The molecule has 1 aromatic heterocycles. The van der Waals surface area contributed by atoms with Gasteiger partial charge in [0.25, 0.3) is 5.56 Å². The molecule has 1 aliphatic rings. The number of aromatic amines is 1. The molecule has 10 heteroatoms. The first-order valence-corrected chi connectivity index (χ1v) is 7.41. The largest absolute Gasteiger partial charge is 0.695 e. The SMILES string of the molecule is Cc1cn([C@H]2C[C@@H](O[P+](=O)O)C([C@@H](C)O)O2)c(=O)[nH]c1=O. The molecule has 0 aliphatic carbocycles. The fourth-order valence-electron chi connectivity index (χ4n) is 2.28. The summed E-state index contributed by atoms with van der Waals surface area (Å²) >= 11 is 0. The Labute approximate surface area is 120 Å². The van der Waals surface area contributed by atoms with Gasteiger partial charge in [-0.25, -0.2) is 4.79 Å². The highest BCUT2D eigenvalue weighted by molar-refractivity contribution is 7.32. The molecule has 0 bridgehead atoms. The van der Waals surface area contributed by atoms with Crippen LogP contribution in [0.25, 0.3) is 0 Å². The Kier molecular flexibility index (Phi) is 4.70. The van der Waals surface area contributed by atoms with E-state index in [1.165, 1.54) is 24.6 Å². The van der Waals surface area contributed by atoms with E-state index in [2.05, 4.69) is 4.98 Å². The second kappa shape index (κ2) is 6.17. The van der Waals surface area contributed by atoms with Crippen LogP contribution in [0.15, 0.2) is 15.8 Å². The van der Waals surface area contributed by atoms with Crippen molar-refractivity contribution in [3.8, 4) is 0 Å². The molecule has 5 atom stereocenters. The van der Waals surface area contributed by atoms with Gasteiger partial charge in [0, 0.05) is 22.7 Å². The average Bonchev–Trinajstić information content (AvgIpc) is 2.76. The van der Waals surface area contributed by atoms with Crippen LogP contribution in [0.4, 0.5) is 0 Å². The summed E-state index contributed by atoms with van der Waals surface area (Å²) in [7, 11) is -2.86. The Morgan fingerprint density at radius 1 is 1.57 bits per heavy atom. The lowest BCUT2D eigenvalue weighted by atomic mass is 10.1. The summed E-state index contributed by atoms with van der Waals surface area (Å²) in [4.78, 5) is 34.1. The smallest absolute Gasteiger partial charge is 0.391 e. The van der Waals surface area contributed by atoms with Crippen molar-refractivity contribution >= 4 is 8.25 Å². The van der Waals surface area contributed by atoms with E-state index in [1.807, 2.05) is 0 Å². The van der Waals surface area contributed by atoms with Crippen LogP contribution in [0, 0.1) is 6.92 Å². The molecule has 1 aromatic rings. The predicted octanol–water partition coefficient (Wildman–Crippen LogP) is -0.452. The van der Waals surface area contributed by atoms with Crippen molar-refractivity contribution in [2.75, 3.05) is 0 Å². The predicted molar refractivity (Wildman–Crippen MR) is 71.0 cm³/mol. The molecule has 2 heterocycles. The van der Waals surface area contributed by atoms with Crippen LogP contribution < -0.4 is 11.2 Å². The zero-order valence-corrected chi connectivity index (χ0v) is 12.3. The highest BCUT2D eigenvalue weighted by atomic mass is 31.1. The van der Waals surface area contributed by atoms with Crippen molar-refractivity contribution < 1.29 is 23.8 Å². The van der Waals surface area contributed by atoms with Gasteiger partial charge in [-0.05, 0) is 13.8 Å². The molecule has 1 saturated heterocycles. The summed E-state index contributed by atoms with van der Waals surface area (Å²) < 4.78 is 22.3. The third kappa shape index (κ3) is 3.45. The van der Waals surface area contributed by atoms with Crippen molar-refractivity contribution in [1.82, 2.24) is 9.55 Å². The fraction of sp³-hybridized carbons (Fsp3) is 0.636. The Morgan fingerprint density at radius 2 is 2.24 bits per heavy atom. The number of aryl methyl sites for hydroxylation is 1. The number of aliphatic hydroxyl groups excluding tert-OH is 1. The summed E-state index contributed by atoms with van der Waals surface area (Å²) in [6.45, 7) is 2.99. The van der Waals surface area contributed by atoms with Gasteiger partial charge in [-0.2, -0.15) is 0 Å². The number of hydrogen-bond donors (Lipinski definition) is 3. The van der Waals surface area contributed by atoms with Gasteiger partial charge in [-0.1, -0.05) is 0 Å². The maximum Gasteiger partial charge on any atom is 0.695 e. The average molecular weight is 319 g/mol. The van der Waals surface area contributed by atoms with Crippen molar-refractivity contribution in [1.29, 1.82) is 0 Å². The molecule has 0 amide bonds. The van der Waals surface area contributed by atoms with Crippen molar-refractivity contribution in [3.63, 3.8) is 0 Å². The first kappa shape index (κ1) is 16.0. The van der Waals surface area contributed by atoms with Crippen LogP contribution >= 0.6 is 8.25 Å². The molecule has 3 N–H and O–H groups in total. The molecule has 0 aromatic carbocycles. The van der Waals surface area contributed by atoms with Crippen molar-refractivity contribution in [2.45, 2.75) is 44.8 Å². The van der Waals surface area contributed by atoms with E-state index in [-0.39, 0.29) is 6.42 Å². The van der Waals surface area contributed by atoms with Gasteiger partial charge in [0.2, 0.25) is 0 Å². The summed E-state index contributed by atoms with van der Waals surface area (Å²) in [5.41, 5.74) is -0.828. The van der Waals surface area contributed by atoms with Gasteiger partial charge < -0.3 is 9.84 Å². The highest BCUT2D eigenvalue weighted by Gasteiger charge is 2.44. The van der Waals surface area contributed by atoms with Gasteiger partial charge >= 0.3 is 13.9 Å². The van der Waals surface area contributed by atoms with Crippen LogP contribution in [0.2, 0.25) is 0 Å². The molecular formula is C11H16N2O7P+. The Bertz CT molecular complexity index is 653. The lowest BCUT2D eigenvalue weighted by molar-refractivity contribution is -0.0735. The van der Waals surface area contributed by atoms with Crippen molar-refractivity contribution in [3.05, 3.63) is 32.6 Å². The Balaban J connectivity index is 2.30. The highest BCUT2D eigenvalue weighted by Crippen LogP contribution is 2.36. The molecule has 0 saturated carbocycles. The Morgan fingerprint density at radius 3 is 2.81 bits per heavy atom. The van der Waals surface area contributed by atoms with Gasteiger partial charge in [0.05, 0.1) is 6.10 Å². The second-order valence-electron chi connectivity index (χ2n) is 4.89. The lowest BCUT2D eigenvalue weighted by Crippen LogP contribution is -2.34. The van der Waals surface area contributed by atoms with E-state index in [4.69, 9.17) is 14.2 Å². The molecular weight excluding hydrogens is 303 g/mol. The number of ether oxygens (including phenoxy) is 1. The molecule has 1 aliphatic heterocycles. The fourth-order valence-corrected chi connectivity index (χ4v) is 2.72. The summed E-state index contributed by atoms with van der Waals surface area (Å²) in [5.74, 6) is 0. The number of nitrogens with one attached hydrogen (secondary N) is 1. The van der Waals surface area contributed by atoms with E-state index >= 15 is 0 Å². The van der Waals surface area contributed by atoms with E-state index in [0.717, 1.165) is 0 Å². The number of H-pyrrole nitrogens is 1. The monoisotopic (exact) mass is 319 g/mol. The zero-order chi connectivity index (χ0) is 15.7. The molecule has 1 fully saturated rings. The molecule has 2 rings (SSSR count). The third-order valence-electron chi connectivity index (χ3n) is 3.27. The summed E-state index contributed by atoms with van der Waals surface area (Å²) in [5, 5.41) is 9.64. The molecule has 21 heavy (non-hydrogen) atoms. The van der Waals surface area contributed by atoms with E-state index in [0.29, 0.717) is 5.56 Å². The first-order valence-electron chi connectivity index (χ1n) is 6.28. The number of rotatable bonds is 4. The summed E-state index contributed by atoms with van der Waals surface area (Å²) in [6, 6.07) is 0.